The molecule has 1 N–H and O–H groups in total. The minimum atomic E-state index is -0.614. The molecule has 3 heteroatoms. The van der Waals surface area contributed by atoms with Crippen LogP contribution < -0.4 is 4.90 Å². The first-order chi connectivity index (χ1) is 9.11. The summed E-state index contributed by atoms with van der Waals surface area (Å²) in [6, 6.07) is 5.09. The van der Waals surface area contributed by atoms with Crippen molar-refractivity contribution in [3.8, 4) is 0 Å². The monoisotopic (exact) mass is 265 g/mol. The third-order valence-electron chi connectivity index (χ3n) is 4.22. The SMILES string of the molecule is CCC1CCCN(c2ccc(C(C)O)cc2F)CC1. The van der Waals surface area contributed by atoms with E-state index in [1.54, 1.807) is 6.92 Å². The Hall–Kier alpha value is -1.09. The lowest BCUT2D eigenvalue weighted by Gasteiger charge is -2.24. The second-order valence-corrected chi connectivity index (χ2v) is 5.58. The number of hydrogen-bond donors (Lipinski definition) is 1. The third kappa shape index (κ3) is 3.47. The number of benzene rings is 1. The van der Waals surface area contributed by atoms with Gasteiger partial charge in [-0.15, -0.1) is 0 Å². The fraction of sp³-hybridized carbons (Fsp3) is 0.625. The van der Waals surface area contributed by atoms with Gasteiger partial charge in [0.2, 0.25) is 0 Å². The van der Waals surface area contributed by atoms with Crippen LogP contribution in [0.25, 0.3) is 0 Å². The molecule has 0 spiro atoms. The molecule has 1 aliphatic heterocycles. The first kappa shape index (κ1) is 14.3. The minimum absolute atomic E-state index is 0.214. The molecule has 0 bridgehead atoms. The lowest BCUT2D eigenvalue weighted by Crippen LogP contribution is -2.25. The molecule has 2 rings (SSSR count). The summed E-state index contributed by atoms with van der Waals surface area (Å²) in [5, 5.41) is 9.48. The molecule has 1 fully saturated rings. The number of aliphatic hydroxyl groups excluding tert-OH is 1. The highest BCUT2D eigenvalue weighted by molar-refractivity contribution is 5.49. The molecule has 1 aliphatic rings. The van der Waals surface area contributed by atoms with Gasteiger partial charge in [-0.05, 0) is 49.8 Å². The van der Waals surface area contributed by atoms with E-state index in [0.29, 0.717) is 11.3 Å². The van der Waals surface area contributed by atoms with Gasteiger partial charge in [-0.3, -0.25) is 0 Å². The van der Waals surface area contributed by atoms with Crippen LogP contribution in [0.1, 0.15) is 51.2 Å². The van der Waals surface area contributed by atoms with E-state index in [-0.39, 0.29) is 5.82 Å². The standard InChI is InChI=1S/C16H24FNO/c1-3-13-5-4-9-18(10-8-13)16-7-6-14(12(2)19)11-15(16)17/h6-7,11-13,19H,3-5,8-10H2,1-2H3. The van der Waals surface area contributed by atoms with Gasteiger partial charge < -0.3 is 10.0 Å². The fourth-order valence-corrected chi connectivity index (χ4v) is 2.85. The molecule has 2 unspecified atom stereocenters. The van der Waals surface area contributed by atoms with Gasteiger partial charge >= 0.3 is 0 Å². The largest absolute Gasteiger partial charge is 0.389 e. The summed E-state index contributed by atoms with van der Waals surface area (Å²) < 4.78 is 14.2. The quantitative estimate of drug-likeness (QED) is 0.896. The van der Waals surface area contributed by atoms with Crippen LogP contribution in [0.5, 0.6) is 0 Å². The van der Waals surface area contributed by atoms with Crippen molar-refractivity contribution in [2.45, 2.75) is 45.6 Å². The highest BCUT2D eigenvalue weighted by Crippen LogP contribution is 2.28. The van der Waals surface area contributed by atoms with E-state index in [2.05, 4.69) is 11.8 Å². The molecule has 106 valence electrons. The molecule has 1 aromatic carbocycles. The molecule has 0 radical (unpaired) electrons. The molecule has 0 amide bonds. The summed E-state index contributed by atoms with van der Waals surface area (Å²) in [4.78, 5) is 2.15. The molecule has 19 heavy (non-hydrogen) atoms. The molecule has 1 aromatic rings. The topological polar surface area (TPSA) is 23.5 Å². The predicted octanol–water partition coefficient (Wildman–Crippen LogP) is 3.90. The molecule has 0 saturated carbocycles. The van der Waals surface area contributed by atoms with Crippen LogP contribution in [-0.4, -0.2) is 18.2 Å². The summed E-state index contributed by atoms with van der Waals surface area (Å²) >= 11 is 0. The maximum Gasteiger partial charge on any atom is 0.146 e. The Morgan fingerprint density at radius 2 is 2.16 bits per heavy atom. The van der Waals surface area contributed by atoms with Crippen LogP contribution in [-0.2, 0) is 0 Å². The van der Waals surface area contributed by atoms with Crippen LogP contribution in [0.2, 0.25) is 0 Å². The van der Waals surface area contributed by atoms with E-state index in [1.807, 2.05) is 12.1 Å². The summed E-state index contributed by atoms with van der Waals surface area (Å²) in [5.74, 6) is 0.568. The van der Waals surface area contributed by atoms with E-state index >= 15 is 0 Å². The summed E-state index contributed by atoms with van der Waals surface area (Å²) in [6.07, 6.45) is 4.14. The molecular weight excluding hydrogens is 241 g/mol. The van der Waals surface area contributed by atoms with E-state index < -0.39 is 6.10 Å². The molecular formula is C16H24FNO. The molecule has 2 nitrogen and oxygen atoms in total. The van der Waals surface area contributed by atoms with Crippen molar-refractivity contribution < 1.29 is 9.50 Å². The molecule has 2 atom stereocenters. The van der Waals surface area contributed by atoms with Gasteiger partial charge in [0.15, 0.2) is 0 Å². The Morgan fingerprint density at radius 1 is 1.37 bits per heavy atom. The smallest absolute Gasteiger partial charge is 0.146 e. The van der Waals surface area contributed by atoms with E-state index in [9.17, 15) is 9.50 Å². The normalized spacial score (nSPS) is 22.1. The Labute approximate surface area is 115 Å². The zero-order valence-corrected chi connectivity index (χ0v) is 11.9. The summed E-state index contributed by atoms with van der Waals surface area (Å²) in [6.45, 7) is 5.76. The highest BCUT2D eigenvalue weighted by atomic mass is 19.1. The molecule has 0 aromatic heterocycles. The third-order valence-corrected chi connectivity index (χ3v) is 4.22. The zero-order valence-electron chi connectivity index (χ0n) is 11.9. The van der Waals surface area contributed by atoms with Crippen LogP contribution in [0.3, 0.4) is 0 Å². The number of nitrogens with zero attached hydrogens (tertiary/aromatic N) is 1. The maximum absolute atomic E-state index is 14.2. The number of rotatable bonds is 3. The number of hydrogen-bond acceptors (Lipinski definition) is 2. The Bertz CT molecular complexity index is 419. The van der Waals surface area contributed by atoms with Gasteiger partial charge in [-0.25, -0.2) is 4.39 Å². The van der Waals surface area contributed by atoms with Crippen molar-refractivity contribution >= 4 is 5.69 Å². The van der Waals surface area contributed by atoms with Crippen LogP contribution in [0.15, 0.2) is 18.2 Å². The Balaban J connectivity index is 2.13. The summed E-state index contributed by atoms with van der Waals surface area (Å²) in [5.41, 5.74) is 1.32. The van der Waals surface area contributed by atoms with Gasteiger partial charge in [0.1, 0.15) is 5.82 Å². The number of halogens is 1. The average molecular weight is 265 g/mol. The second kappa shape index (κ2) is 6.38. The summed E-state index contributed by atoms with van der Waals surface area (Å²) in [7, 11) is 0. The van der Waals surface area contributed by atoms with Gasteiger partial charge in [0.25, 0.3) is 0 Å². The van der Waals surface area contributed by atoms with E-state index in [0.717, 1.165) is 31.8 Å². The zero-order chi connectivity index (χ0) is 13.8. The van der Waals surface area contributed by atoms with Crippen molar-refractivity contribution in [2.24, 2.45) is 5.92 Å². The Morgan fingerprint density at radius 3 is 2.79 bits per heavy atom. The predicted molar refractivity (Wildman–Crippen MR) is 76.9 cm³/mol. The van der Waals surface area contributed by atoms with Gasteiger partial charge in [0, 0.05) is 13.1 Å². The van der Waals surface area contributed by atoms with Crippen LogP contribution >= 0.6 is 0 Å². The average Bonchev–Trinajstić information content (AvgIpc) is 2.63. The van der Waals surface area contributed by atoms with Gasteiger partial charge in [0.05, 0.1) is 11.8 Å². The van der Waals surface area contributed by atoms with E-state index in [1.165, 1.54) is 18.9 Å². The number of aliphatic hydroxyl groups is 1. The second-order valence-electron chi connectivity index (χ2n) is 5.58. The minimum Gasteiger partial charge on any atom is -0.389 e. The molecule has 1 saturated heterocycles. The fourth-order valence-electron chi connectivity index (χ4n) is 2.85. The molecule has 1 heterocycles. The van der Waals surface area contributed by atoms with Crippen LogP contribution in [0, 0.1) is 11.7 Å². The van der Waals surface area contributed by atoms with Crippen molar-refractivity contribution in [1.82, 2.24) is 0 Å². The van der Waals surface area contributed by atoms with Gasteiger partial charge in [-0.1, -0.05) is 19.4 Å². The first-order valence-electron chi connectivity index (χ1n) is 7.34. The highest BCUT2D eigenvalue weighted by Gasteiger charge is 2.18. The van der Waals surface area contributed by atoms with Crippen molar-refractivity contribution in [3.63, 3.8) is 0 Å². The lowest BCUT2D eigenvalue weighted by atomic mass is 9.98. The Kier molecular flexibility index (Phi) is 4.81. The molecule has 0 aliphatic carbocycles. The lowest BCUT2D eigenvalue weighted by molar-refractivity contribution is 0.199. The van der Waals surface area contributed by atoms with E-state index in [4.69, 9.17) is 0 Å². The number of anilines is 1. The van der Waals surface area contributed by atoms with Crippen molar-refractivity contribution in [1.29, 1.82) is 0 Å². The van der Waals surface area contributed by atoms with Crippen molar-refractivity contribution in [2.75, 3.05) is 18.0 Å². The van der Waals surface area contributed by atoms with Crippen molar-refractivity contribution in [3.05, 3.63) is 29.6 Å². The first-order valence-corrected chi connectivity index (χ1v) is 7.34. The van der Waals surface area contributed by atoms with Gasteiger partial charge in [-0.2, -0.15) is 0 Å². The van der Waals surface area contributed by atoms with Crippen LogP contribution in [0.4, 0.5) is 10.1 Å². The maximum atomic E-state index is 14.2.